The van der Waals surface area contributed by atoms with Gasteiger partial charge in [0.05, 0.1) is 6.61 Å². The minimum absolute atomic E-state index is 0.119. The highest BCUT2D eigenvalue weighted by atomic mass is 32.2. The number of aliphatic hydroxyl groups is 1. The molecule has 0 spiro atoms. The van der Waals surface area contributed by atoms with E-state index < -0.39 is 0 Å². The summed E-state index contributed by atoms with van der Waals surface area (Å²) in [5, 5.41) is 12.1. The number of ether oxygens (including phenoxy) is 2. The van der Waals surface area contributed by atoms with Crippen LogP contribution in [0, 0.1) is 0 Å². The van der Waals surface area contributed by atoms with Gasteiger partial charge in [0.25, 0.3) is 0 Å². The minimum atomic E-state index is 0.119. The maximum absolute atomic E-state index is 9.08. The van der Waals surface area contributed by atoms with Crippen LogP contribution >= 0.6 is 11.8 Å². The lowest BCUT2D eigenvalue weighted by Gasteiger charge is -2.19. The van der Waals surface area contributed by atoms with Gasteiger partial charge in [0.1, 0.15) is 13.2 Å². The molecule has 1 aliphatic heterocycles. The number of aliphatic hydroxyl groups excluding tert-OH is 1. The molecule has 0 fully saturated rings. The molecule has 1 aromatic carbocycles. The summed E-state index contributed by atoms with van der Waals surface area (Å²) in [6.45, 7) is 1.37. The van der Waals surface area contributed by atoms with Crippen LogP contribution in [0.4, 0.5) is 0 Å². The second-order valence-corrected chi connectivity index (χ2v) is 4.88. The van der Waals surface area contributed by atoms with Gasteiger partial charge in [-0.15, -0.1) is 11.8 Å². The fraction of sp³-hybridized carbons (Fsp3) is 0.500. The molecule has 0 aliphatic carbocycles. The Morgan fingerprint density at radius 3 is 2.82 bits per heavy atom. The molecule has 2 rings (SSSR count). The Bertz CT molecular complexity index is 369. The molecule has 1 aliphatic rings. The average Bonchev–Trinajstić information content (AvgIpc) is 2.40. The van der Waals surface area contributed by atoms with Crippen LogP contribution in [0.1, 0.15) is 0 Å². The van der Waals surface area contributed by atoms with Crippen molar-refractivity contribution in [3.05, 3.63) is 18.2 Å². The quantitative estimate of drug-likeness (QED) is 0.773. The lowest BCUT2D eigenvalue weighted by Crippen LogP contribution is -2.31. The van der Waals surface area contributed by atoms with Crippen molar-refractivity contribution in [2.75, 3.05) is 32.6 Å². The summed E-state index contributed by atoms with van der Waals surface area (Å²) in [5.74, 6) is 2.45. The first-order valence-electron chi connectivity index (χ1n) is 5.64. The van der Waals surface area contributed by atoms with Gasteiger partial charge in [-0.1, -0.05) is 0 Å². The number of hydrogen-bond donors (Lipinski definition) is 2. The Morgan fingerprint density at radius 2 is 2.12 bits per heavy atom. The van der Waals surface area contributed by atoms with Gasteiger partial charge in [-0.2, -0.15) is 0 Å². The van der Waals surface area contributed by atoms with Crippen LogP contribution in [0.25, 0.3) is 0 Å². The average molecular weight is 255 g/mol. The minimum Gasteiger partial charge on any atom is -0.486 e. The Hall–Kier alpha value is -0.910. The zero-order valence-corrected chi connectivity index (χ0v) is 10.6. The van der Waals surface area contributed by atoms with E-state index in [1.54, 1.807) is 11.8 Å². The van der Waals surface area contributed by atoms with Crippen molar-refractivity contribution in [3.63, 3.8) is 0 Å². The highest BCUT2D eigenvalue weighted by Gasteiger charge is 2.12. The molecule has 0 radical (unpaired) electrons. The Balaban J connectivity index is 1.97. The van der Waals surface area contributed by atoms with E-state index in [0.29, 0.717) is 13.2 Å². The molecule has 2 N–H and O–H groups in total. The first-order chi connectivity index (χ1) is 8.33. The number of fused-ring (bicyclic) bond motifs is 1. The summed E-state index contributed by atoms with van der Waals surface area (Å²) >= 11 is 1.69. The van der Waals surface area contributed by atoms with E-state index in [-0.39, 0.29) is 12.6 Å². The van der Waals surface area contributed by atoms with Crippen LogP contribution in [0.15, 0.2) is 23.1 Å². The molecule has 1 heterocycles. The maximum atomic E-state index is 9.08. The van der Waals surface area contributed by atoms with Crippen molar-refractivity contribution in [2.45, 2.75) is 10.9 Å². The Labute approximate surface area is 105 Å². The van der Waals surface area contributed by atoms with E-state index in [2.05, 4.69) is 5.32 Å². The summed E-state index contributed by atoms with van der Waals surface area (Å²) < 4.78 is 11.0. The molecule has 94 valence electrons. The smallest absolute Gasteiger partial charge is 0.162 e. The SMILES string of the molecule is CNC(CO)CSc1ccc2c(c1)OCCO2. The molecular weight excluding hydrogens is 238 g/mol. The Kier molecular flexibility index (Phi) is 4.53. The van der Waals surface area contributed by atoms with Crippen LogP contribution in [0.2, 0.25) is 0 Å². The predicted molar refractivity (Wildman–Crippen MR) is 68.1 cm³/mol. The summed E-state index contributed by atoms with van der Waals surface area (Å²) in [7, 11) is 1.85. The zero-order valence-electron chi connectivity index (χ0n) is 9.81. The normalized spacial score (nSPS) is 15.6. The van der Waals surface area contributed by atoms with E-state index in [9.17, 15) is 0 Å². The number of likely N-dealkylation sites (N-methyl/N-ethyl adjacent to an activating group) is 1. The van der Waals surface area contributed by atoms with E-state index in [1.807, 2.05) is 25.2 Å². The molecule has 0 bridgehead atoms. The summed E-state index contributed by atoms with van der Waals surface area (Å²) in [6.07, 6.45) is 0. The van der Waals surface area contributed by atoms with Gasteiger partial charge < -0.3 is 19.9 Å². The molecule has 1 aromatic rings. The molecule has 0 saturated carbocycles. The van der Waals surface area contributed by atoms with E-state index >= 15 is 0 Å². The van der Waals surface area contributed by atoms with Crippen LogP contribution < -0.4 is 14.8 Å². The zero-order chi connectivity index (χ0) is 12.1. The standard InChI is InChI=1S/C12H17NO3S/c1-13-9(7-14)8-17-10-2-3-11-12(6-10)16-5-4-15-11/h2-3,6,9,13-14H,4-5,7-8H2,1H3. The highest BCUT2D eigenvalue weighted by Crippen LogP contribution is 2.34. The van der Waals surface area contributed by atoms with Gasteiger partial charge >= 0.3 is 0 Å². The van der Waals surface area contributed by atoms with Gasteiger partial charge in [0, 0.05) is 16.7 Å². The number of benzene rings is 1. The third-order valence-corrected chi connectivity index (χ3v) is 3.75. The van der Waals surface area contributed by atoms with Crippen molar-refractivity contribution in [1.82, 2.24) is 5.32 Å². The van der Waals surface area contributed by atoms with Gasteiger partial charge in [-0.05, 0) is 25.2 Å². The van der Waals surface area contributed by atoms with E-state index in [4.69, 9.17) is 14.6 Å². The molecule has 0 amide bonds. The molecule has 0 aromatic heterocycles. The molecule has 1 unspecified atom stereocenters. The third kappa shape index (κ3) is 3.28. The lowest BCUT2D eigenvalue weighted by atomic mass is 10.3. The van der Waals surface area contributed by atoms with Gasteiger partial charge in [-0.3, -0.25) is 0 Å². The maximum Gasteiger partial charge on any atom is 0.162 e. The molecule has 5 heteroatoms. The van der Waals surface area contributed by atoms with Crippen LogP contribution in [-0.2, 0) is 0 Å². The number of hydrogen-bond acceptors (Lipinski definition) is 5. The van der Waals surface area contributed by atoms with E-state index in [1.165, 1.54) is 0 Å². The van der Waals surface area contributed by atoms with Crippen LogP contribution in [0.5, 0.6) is 11.5 Å². The second-order valence-electron chi connectivity index (χ2n) is 3.78. The first-order valence-corrected chi connectivity index (χ1v) is 6.62. The summed E-state index contributed by atoms with van der Waals surface area (Å²) in [6, 6.07) is 6.06. The van der Waals surface area contributed by atoms with Crippen molar-refractivity contribution in [3.8, 4) is 11.5 Å². The number of thioether (sulfide) groups is 1. The molecule has 4 nitrogen and oxygen atoms in total. The highest BCUT2D eigenvalue weighted by molar-refractivity contribution is 7.99. The van der Waals surface area contributed by atoms with Crippen molar-refractivity contribution >= 4 is 11.8 Å². The lowest BCUT2D eigenvalue weighted by molar-refractivity contribution is 0.171. The second kappa shape index (κ2) is 6.14. The molecule has 0 saturated heterocycles. The van der Waals surface area contributed by atoms with Crippen molar-refractivity contribution in [2.24, 2.45) is 0 Å². The molecule has 17 heavy (non-hydrogen) atoms. The molecular formula is C12H17NO3S. The van der Waals surface area contributed by atoms with Gasteiger partial charge in [-0.25, -0.2) is 0 Å². The third-order valence-electron chi connectivity index (χ3n) is 2.59. The van der Waals surface area contributed by atoms with Gasteiger partial charge in [0.15, 0.2) is 11.5 Å². The monoisotopic (exact) mass is 255 g/mol. The van der Waals surface area contributed by atoms with E-state index in [0.717, 1.165) is 22.1 Å². The van der Waals surface area contributed by atoms with Crippen molar-refractivity contribution < 1.29 is 14.6 Å². The van der Waals surface area contributed by atoms with Crippen molar-refractivity contribution in [1.29, 1.82) is 0 Å². The number of rotatable bonds is 5. The summed E-state index contributed by atoms with van der Waals surface area (Å²) in [4.78, 5) is 1.13. The van der Waals surface area contributed by atoms with Crippen LogP contribution in [0.3, 0.4) is 0 Å². The fourth-order valence-corrected chi connectivity index (χ4v) is 2.56. The topological polar surface area (TPSA) is 50.7 Å². The fourth-order valence-electron chi connectivity index (χ4n) is 1.54. The predicted octanol–water partition coefficient (Wildman–Crippen LogP) is 1.13. The van der Waals surface area contributed by atoms with Crippen LogP contribution in [-0.4, -0.2) is 43.8 Å². The van der Waals surface area contributed by atoms with Gasteiger partial charge in [0.2, 0.25) is 0 Å². The molecule has 1 atom stereocenters. The largest absolute Gasteiger partial charge is 0.486 e. The first kappa shape index (κ1) is 12.5. The number of nitrogens with one attached hydrogen (secondary N) is 1. The summed E-state index contributed by atoms with van der Waals surface area (Å²) in [5.41, 5.74) is 0. The Morgan fingerprint density at radius 1 is 1.35 bits per heavy atom.